The highest BCUT2D eigenvalue weighted by atomic mass is 16.6. The van der Waals surface area contributed by atoms with Gasteiger partial charge in [0, 0.05) is 69.7 Å². The minimum Gasteiger partial charge on any atom is -0.493 e. The number of carbonyl (C=O) groups is 2. The lowest BCUT2D eigenvalue weighted by Crippen LogP contribution is -2.48. The molecule has 2 amide bonds. The van der Waals surface area contributed by atoms with Gasteiger partial charge >= 0.3 is 6.09 Å². The number of benzene rings is 1. The van der Waals surface area contributed by atoms with Crippen molar-refractivity contribution in [2.45, 2.75) is 26.3 Å². The van der Waals surface area contributed by atoms with E-state index in [0.717, 1.165) is 51.3 Å². The monoisotopic (exact) mass is 466 g/mol. The summed E-state index contributed by atoms with van der Waals surface area (Å²) in [5.41, 5.74) is 1.91. The lowest BCUT2D eigenvalue weighted by Gasteiger charge is -2.34. The Morgan fingerprint density at radius 1 is 0.971 bits per heavy atom. The average molecular weight is 467 g/mol. The lowest BCUT2D eigenvalue weighted by molar-refractivity contribution is 0.0632. The average Bonchev–Trinajstić information content (AvgIpc) is 2.89. The zero-order valence-electron chi connectivity index (χ0n) is 19.9. The predicted molar refractivity (Wildman–Crippen MR) is 129 cm³/mol. The number of rotatable bonds is 7. The summed E-state index contributed by atoms with van der Waals surface area (Å²) in [6, 6.07) is 11.8. The molecule has 4 rings (SSSR count). The van der Waals surface area contributed by atoms with Gasteiger partial charge in [0.15, 0.2) is 0 Å². The molecule has 0 aliphatic carbocycles. The van der Waals surface area contributed by atoms with Crippen molar-refractivity contribution in [2.24, 2.45) is 5.92 Å². The van der Waals surface area contributed by atoms with E-state index >= 15 is 0 Å². The van der Waals surface area contributed by atoms with Crippen molar-refractivity contribution in [3.63, 3.8) is 0 Å². The molecule has 8 nitrogen and oxygen atoms in total. The Morgan fingerprint density at radius 2 is 1.71 bits per heavy atom. The van der Waals surface area contributed by atoms with E-state index in [1.54, 1.807) is 29.4 Å². The van der Waals surface area contributed by atoms with Crippen LogP contribution in [-0.2, 0) is 11.3 Å². The van der Waals surface area contributed by atoms with Gasteiger partial charge in [-0.25, -0.2) is 4.79 Å². The summed E-state index contributed by atoms with van der Waals surface area (Å²) in [6.07, 6.45) is 5.16. The highest BCUT2D eigenvalue weighted by Gasteiger charge is 2.25. The maximum Gasteiger partial charge on any atom is 0.409 e. The third-order valence-corrected chi connectivity index (χ3v) is 6.45. The van der Waals surface area contributed by atoms with E-state index in [1.165, 1.54) is 5.56 Å². The van der Waals surface area contributed by atoms with Gasteiger partial charge in [-0.1, -0.05) is 12.1 Å². The Labute approximate surface area is 201 Å². The molecule has 1 aromatic carbocycles. The highest BCUT2D eigenvalue weighted by molar-refractivity contribution is 5.94. The van der Waals surface area contributed by atoms with Gasteiger partial charge in [-0.05, 0) is 49.6 Å². The number of nitrogens with zero attached hydrogens (tertiary/aromatic N) is 4. The summed E-state index contributed by atoms with van der Waals surface area (Å²) in [7, 11) is 0. The van der Waals surface area contributed by atoms with Gasteiger partial charge in [-0.2, -0.15) is 0 Å². The molecule has 2 aliphatic heterocycles. The smallest absolute Gasteiger partial charge is 0.409 e. The highest BCUT2D eigenvalue weighted by Crippen LogP contribution is 2.21. The fourth-order valence-corrected chi connectivity index (χ4v) is 4.53. The number of pyridine rings is 1. The third kappa shape index (κ3) is 6.47. The number of carbonyl (C=O) groups excluding carboxylic acids is 2. The number of aromatic nitrogens is 1. The van der Waals surface area contributed by atoms with E-state index in [4.69, 9.17) is 9.47 Å². The topological polar surface area (TPSA) is 75.2 Å². The van der Waals surface area contributed by atoms with E-state index in [1.807, 2.05) is 24.0 Å². The van der Waals surface area contributed by atoms with Gasteiger partial charge in [-0.15, -0.1) is 0 Å². The molecule has 182 valence electrons. The minimum atomic E-state index is -0.216. The van der Waals surface area contributed by atoms with Gasteiger partial charge in [0.25, 0.3) is 5.91 Å². The summed E-state index contributed by atoms with van der Waals surface area (Å²) in [6.45, 7) is 8.29. The molecule has 8 heteroatoms. The zero-order chi connectivity index (χ0) is 23.8. The molecule has 34 heavy (non-hydrogen) atoms. The molecule has 0 spiro atoms. The van der Waals surface area contributed by atoms with Crippen LogP contribution in [0.2, 0.25) is 0 Å². The first kappa shape index (κ1) is 24.0. The first-order chi connectivity index (χ1) is 16.6. The first-order valence-corrected chi connectivity index (χ1v) is 12.2. The van der Waals surface area contributed by atoms with Crippen LogP contribution in [0.1, 0.15) is 35.7 Å². The van der Waals surface area contributed by atoms with Crippen LogP contribution in [-0.4, -0.2) is 84.2 Å². The van der Waals surface area contributed by atoms with Crippen molar-refractivity contribution in [1.82, 2.24) is 19.7 Å². The van der Waals surface area contributed by atoms with E-state index in [2.05, 4.69) is 22.0 Å². The molecule has 2 saturated heterocycles. The molecule has 2 fully saturated rings. The molecule has 0 unspecified atom stereocenters. The molecular weight excluding hydrogens is 432 g/mol. The zero-order valence-corrected chi connectivity index (χ0v) is 19.9. The van der Waals surface area contributed by atoms with Crippen LogP contribution < -0.4 is 4.74 Å². The van der Waals surface area contributed by atoms with Gasteiger partial charge in [-0.3, -0.25) is 14.7 Å². The molecule has 0 bridgehead atoms. The molecule has 0 N–H and O–H groups in total. The van der Waals surface area contributed by atoms with Crippen LogP contribution in [0.3, 0.4) is 0 Å². The Bertz CT molecular complexity index is 930. The van der Waals surface area contributed by atoms with Gasteiger partial charge in [0.1, 0.15) is 5.75 Å². The molecular formula is C26H34N4O4. The Hall–Kier alpha value is -3.13. The number of piperazine rings is 1. The van der Waals surface area contributed by atoms with Crippen LogP contribution in [0.15, 0.2) is 48.8 Å². The molecule has 1 atom stereocenters. The van der Waals surface area contributed by atoms with Crippen molar-refractivity contribution in [3.8, 4) is 5.75 Å². The largest absolute Gasteiger partial charge is 0.493 e. The van der Waals surface area contributed by atoms with Crippen molar-refractivity contribution >= 4 is 12.0 Å². The molecule has 2 aliphatic rings. The molecule has 3 heterocycles. The Kier molecular flexibility index (Phi) is 8.36. The summed E-state index contributed by atoms with van der Waals surface area (Å²) in [5, 5.41) is 0. The number of hydrogen-bond donors (Lipinski definition) is 0. The van der Waals surface area contributed by atoms with Crippen LogP contribution in [0, 0.1) is 5.92 Å². The fourth-order valence-electron chi connectivity index (χ4n) is 4.53. The van der Waals surface area contributed by atoms with Gasteiger partial charge < -0.3 is 19.3 Å². The van der Waals surface area contributed by atoms with Gasteiger partial charge in [0.05, 0.1) is 13.2 Å². The number of hydrogen-bond acceptors (Lipinski definition) is 6. The second-order valence-electron chi connectivity index (χ2n) is 8.91. The van der Waals surface area contributed by atoms with Crippen LogP contribution in [0.5, 0.6) is 5.75 Å². The van der Waals surface area contributed by atoms with E-state index in [0.29, 0.717) is 37.8 Å². The maximum absolute atomic E-state index is 12.7. The maximum atomic E-state index is 12.7. The summed E-state index contributed by atoms with van der Waals surface area (Å²) in [4.78, 5) is 34.6. The van der Waals surface area contributed by atoms with Crippen LogP contribution in [0.25, 0.3) is 0 Å². The molecule has 1 aromatic heterocycles. The Balaban J connectivity index is 1.20. The Morgan fingerprint density at radius 3 is 2.41 bits per heavy atom. The normalized spacial score (nSPS) is 19.0. The molecule has 0 saturated carbocycles. The number of ether oxygens (including phenoxy) is 2. The number of amides is 2. The predicted octanol–water partition coefficient (Wildman–Crippen LogP) is 3.29. The van der Waals surface area contributed by atoms with Crippen molar-refractivity contribution in [3.05, 3.63) is 59.9 Å². The second kappa shape index (κ2) is 11.8. The van der Waals surface area contributed by atoms with Crippen LogP contribution in [0.4, 0.5) is 4.79 Å². The van der Waals surface area contributed by atoms with Crippen molar-refractivity contribution in [2.75, 3.05) is 52.5 Å². The van der Waals surface area contributed by atoms with E-state index in [-0.39, 0.29) is 12.0 Å². The van der Waals surface area contributed by atoms with E-state index in [9.17, 15) is 9.59 Å². The number of likely N-dealkylation sites (tertiary alicyclic amines) is 1. The molecule has 2 aromatic rings. The summed E-state index contributed by atoms with van der Waals surface area (Å²) < 4.78 is 11.2. The minimum absolute atomic E-state index is 0.0690. The molecule has 0 radical (unpaired) electrons. The SMILES string of the molecule is CCOC(=O)N1CCN(Cc2ccc(OC[C@H]3CCCN(C(=O)c4ccncc4)C3)cc2)CC1. The van der Waals surface area contributed by atoms with Crippen molar-refractivity contribution in [1.29, 1.82) is 0 Å². The fraction of sp³-hybridized carbons (Fsp3) is 0.500. The van der Waals surface area contributed by atoms with Gasteiger partial charge in [0.2, 0.25) is 0 Å². The third-order valence-electron chi connectivity index (χ3n) is 6.45. The van der Waals surface area contributed by atoms with Crippen LogP contribution >= 0.6 is 0 Å². The standard InChI is InChI=1S/C26H34N4O4/c1-2-33-26(32)29-16-14-28(15-17-29)18-21-5-7-24(8-6-21)34-20-22-4-3-13-30(19-22)25(31)23-9-11-27-12-10-23/h5-12,22H,2-4,13-20H2,1H3/t22-/m0/s1. The first-order valence-electron chi connectivity index (χ1n) is 12.2. The summed E-state index contributed by atoms with van der Waals surface area (Å²) >= 11 is 0. The second-order valence-corrected chi connectivity index (χ2v) is 8.91. The number of piperidine rings is 1. The van der Waals surface area contributed by atoms with Crippen molar-refractivity contribution < 1.29 is 19.1 Å². The summed E-state index contributed by atoms with van der Waals surface area (Å²) in [5.74, 6) is 1.25. The van der Waals surface area contributed by atoms with E-state index < -0.39 is 0 Å². The quantitative estimate of drug-likeness (QED) is 0.623. The lowest BCUT2D eigenvalue weighted by atomic mass is 9.98.